The summed E-state index contributed by atoms with van der Waals surface area (Å²) in [6, 6.07) is 12.3. The molecule has 0 spiro atoms. The summed E-state index contributed by atoms with van der Waals surface area (Å²) in [5.41, 5.74) is 2.75. The maximum atomic E-state index is 12.2. The Morgan fingerprint density at radius 3 is 2.81 bits per heavy atom. The predicted octanol–water partition coefficient (Wildman–Crippen LogP) is 3.24. The van der Waals surface area contributed by atoms with Crippen molar-refractivity contribution in [2.24, 2.45) is 0 Å². The van der Waals surface area contributed by atoms with Gasteiger partial charge in [0.25, 0.3) is 5.91 Å². The second kappa shape index (κ2) is 6.94. The molecule has 0 bridgehead atoms. The van der Waals surface area contributed by atoms with Crippen LogP contribution in [-0.2, 0) is 0 Å². The first-order valence-corrected chi connectivity index (χ1v) is 6.75. The van der Waals surface area contributed by atoms with E-state index in [1.54, 1.807) is 24.3 Å². The van der Waals surface area contributed by atoms with E-state index in [-0.39, 0.29) is 12.5 Å². The molecule has 0 aliphatic carbocycles. The molecule has 1 amide bonds. The van der Waals surface area contributed by atoms with Gasteiger partial charge in [0.05, 0.1) is 5.69 Å². The molecule has 0 saturated heterocycles. The molecular weight excluding hydrogens is 286 g/mol. The number of aryl methyl sites for hydroxylation is 1. The summed E-state index contributed by atoms with van der Waals surface area (Å²) in [6.45, 7) is 1.70. The van der Waals surface area contributed by atoms with E-state index in [1.165, 1.54) is 0 Å². The van der Waals surface area contributed by atoms with Crippen LogP contribution in [0.15, 0.2) is 42.5 Å². The maximum absolute atomic E-state index is 12.2. The van der Waals surface area contributed by atoms with Gasteiger partial charge >= 0.3 is 0 Å². The molecule has 0 saturated carbocycles. The molecule has 0 unspecified atom stereocenters. The predicted molar refractivity (Wildman–Crippen MR) is 84.5 cm³/mol. The molecule has 0 aliphatic heterocycles. The topological polar surface area (TPSA) is 49.3 Å². The number of aliphatic hydroxyl groups is 1. The van der Waals surface area contributed by atoms with Crippen molar-refractivity contribution in [2.75, 3.05) is 11.9 Å². The minimum atomic E-state index is -0.254. The molecule has 0 aliphatic rings. The second-order valence-corrected chi connectivity index (χ2v) is 4.91. The number of carbonyl (C=O) groups is 1. The van der Waals surface area contributed by atoms with Gasteiger partial charge in [-0.2, -0.15) is 0 Å². The maximum Gasteiger partial charge on any atom is 0.255 e. The first kappa shape index (κ1) is 15.1. The van der Waals surface area contributed by atoms with Crippen molar-refractivity contribution in [2.45, 2.75) is 6.92 Å². The summed E-state index contributed by atoms with van der Waals surface area (Å²) < 4.78 is 0. The van der Waals surface area contributed by atoms with Crippen LogP contribution in [-0.4, -0.2) is 17.6 Å². The molecule has 0 atom stereocenters. The summed E-state index contributed by atoms with van der Waals surface area (Å²) in [4.78, 5) is 12.2. The van der Waals surface area contributed by atoms with Crippen molar-refractivity contribution < 1.29 is 9.90 Å². The highest BCUT2D eigenvalue weighted by Gasteiger charge is 2.09. The van der Waals surface area contributed by atoms with Crippen molar-refractivity contribution in [1.82, 2.24) is 0 Å². The van der Waals surface area contributed by atoms with Crippen molar-refractivity contribution in [3.63, 3.8) is 0 Å². The van der Waals surface area contributed by atoms with Crippen molar-refractivity contribution in [1.29, 1.82) is 0 Å². The number of anilines is 1. The monoisotopic (exact) mass is 299 g/mol. The molecule has 2 aromatic rings. The third kappa shape index (κ3) is 4.09. The smallest absolute Gasteiger partial charge is 0.255 e. The Bertz CT molecular complexity index is 729. The van der Waals surface area contributed by atoms with Crippen molar-refractivity contribution >= 4 is 23.2 Å². The van der Waals surface area contributed by atoms with Gasteiger partial charge in [-0.15, -0.1) is 0 Å². The average Bonchev–Trinajstić information content (AvgIpc) is 2.46. The zero-order valence-electron chi connectivity index (χ0n) is 11.5. The van der Waals surface area contributed by atoms with Crippen LogP contribution in [0.25, 0.3) is 0 Å². The zero-order valence-corrected chi connectivity index (χ0v) is 12.2. The third-order valence-corrected chi connectivity index (χ3v) is 3.05. The highest BCUT2D eigenvalue weighted by molar-refractivity contribution is 6.31. The van der Waals surface area contributed by atoms with Crippen LogP contribution < -0.4 is 5.32 Å². The van der Waals surface area contributed by atoms with E-state index in [0.29, 0.717) is 21.8 Å². The van der Waals surface area contributed by atoms with Gasteiger partial charge in [-0.3, -0.25) is 4.79 Å². The number of aliphatic hydroxyl groups excluding tert-OH is 1. The van der Waals surface area contributed by atoms with Crippen molar-refractivity contribution in [3.05, 3.63) is 64.2 Å². The number of rotatable bonds is 2. The molecule has 2 aromatic carbocycles. The average molecular weight is 300 g/mol. The molecular formula is C17H14ClNO2. The molecule has 4 heteroatoms. The highest BCUT2D eigenvalue weighted by Crippen LogP contribution is 2.19. The van der Waals surface area contributed by atoms with E-state index in [4.69, 9.17) is 16.7 Å². The third-order valence-electron chi connectivity index (χ3n) is 2.81. The lowest BCUT2D eigenvalue weighted by Crippen LogP contribution is -2.13. The van der Waals surface area contributed by atoms with Crippen molar-refractivity contribution in [3.8, 4) is 11.8 Å². The summed E-state index contributed by atoms with van der Waals surface area (Å²) in [5, 5.41) is 12.1. The van der Waals surface area contributed by atoms with Crippen LogP contribution in [0, 0.1) is 18.8 Å². The fourth-order valence-corrected chi connectivity index (χ4v) is 2.02. The molecule has 3 nitrogen and oxygen atoms in total. The Morgan fingerprint density at radius 1 is 1.29 bits per heavy atom. The van der Waals surface area contributed by atoms with Crippen LogP contribution in [0.1, 0.15) is 21.5 Å². The Balaban J connectivity index is 2.30. The van der Waals surface area contributed by atoms with Gasteiger partial charge in [0.1, 0.15) is 6.61 Å². The summed E-state index contributed by atoms with van der Waals surface area (Å²) in [6.07, 6.45) is 0. The number of halogens is 1. The van der Waals surface area contributed by atoms with Gasteiger partial charge in [0.2, 0.25) is 0 Å². The quantitative estimate of drug-likeness (QED) is 0.836. The number of hydrogen-bond acceptors (Lipinski definition) is 2. The van der Waals surface area contributed by atoms with E-state index in [2.05, 4.69) is 17.2 Å². The van der Waals surface area contributed by atoms with E-state index in [1.807, 2.05) is 25.1 Å². The first-order valence-electron chi connectivity index (χ1n) is 6.37. The number of benzene rings is 2. The van der Waals surface area contributed by atoms with E-state index < -0.39 is 0 Å². The number of carbonyl (C=O) groups excluding carboxylic acids is 1. The summed E-state index contributed by atoms with van der Waals surface area (Å²) in [5.74, 6) is 5.14. The minimum absolute atomic E-state index is 0.227. The molecule has 21 heavy (non-hydrogen) atoms. The number of amides is 1. The van der Waals surface area contributed by atoms with E-state index in [0.717, 1.165) is 5.56 Å². The fraction of sp³-hybridized carbons (Fsp3) is 0.118. The van der Waals surface area contributed by atoms with Crippen LogP contribution in [0.5, 0.6) is 0 Å². The lowest BCUT2D eigenvalue weighted by Gasteiger charge is -2.09. The summed E-state index contributed by atoms with van der Waals surface area (Å²) in [7, 11) is 0. The highest BCUT2D eigenvalue weighted by atomic mass is 35.5. The number of hydrogen-bond donors (Lipinski definition) is 2. The SMILES string of the molecule is Cc1ccc(C#CCO)c(NC(=O)c2cccc(Cl)c2)c1. The van der Waals surface area contributed by atoms with Gasteiger partial charge < -0.3 is 10.4 Å². The molecule has 0 aromatic heterocycles. The first-order chi connectivity index (χ1) is 10.1. The zero-order chi connectivity index (χ0) is 15.2. The largest absolute Gasteiger partial charge is 0.384 e. The Hall–Kier alpha value is -2.28. The second-order valence-electron chi connectivity index (χ2n) is 4.47. The molecule has 2 rings (SSSR count). The molecule has 106 valence electrons. The summed E-state index contributed by atoms with van der Waals surface area (Å²) >= 11 is 5.89. The van der Waals surface area contributed by atoms with Gasteiger partial charge in [0, 0.05) is 16.1 Å². The van der Waals surface area contributed by atoms with E-state index in [9.17, 15) is 4.79 Å². The van der Waals surface area contributed by atoms with Gasteiger partial charge in [-0.05, 0) is 42.8 Å². The lowest BCUT2D eigenvalue weighted by molar-refractivity contribution is 0.102. The normalized spacial score (nSPS) is 9.67. The minimum Gasteiger partial charge on any atom is -0.384 e. The number of nitrogens with one attached hydrogen (secondary N) is 1. The van der Waals surface area contributed by atoms with Gasteiger partial charge in [-0.25, -0.2) is 0 Å². The van der Waals surface area contributed by atoms with Crippen LogP contribution in [0.4, 0.5) is 5.69 Å². The Morgan fingerprint density at radius 2 is 2.10 bits per heavy atom. The fourth-order valence-electron chi connectivity index (χ4n) is 1.83. The molecule has 2 N–H and O–H groups in total. The van der Waals surface area contributed by atoms with Crippen LogP contribution in [0.2, 0.25) is 5.02 Å². The standard InChI is InChI=1S/C17H14ClNO2/c1-12-7-8-13(5-3-9-20)16(10-12)19-17(21)14-4-2-6-15(18)11-14/h2,4,6-8,10-11,20H,9H2,1H3,(H,19,21). The van der Waals surface area contributed by atoms with E-state index >= 15 is 0 Å². The van der Waals surface area contributed by atoms with Crippen LogP contribution >= 0.6 is 11.6 Å². The molecule has 0 radical (unpaired) electrons. The molecule has 0 heterocycles. The molecule has 0 fully saturated rings. The lowest BCUT2D eigenvalue weighted by atomic mass is 10.1. The Labute approximate surface area is 128 Å². The van der Waals surface area contributed by atoms with Crippen LogP contribution in [0.3, 0.4) is 0 Å². The van der Waals surface area contributed by atoms with Gasteiger partial charge in [-0.1, -0.05) is 35.6 Å². The Kier molecular flexibility index (Phi) is 4.99. The van der Waals surface area contributed by atoms with Gasteiger partial charge in [0.15, 0.2) is 0 Å².